The molecule has 0 aliphatic carbocycles. The molecule has 214 valence electrons. The predicted octanol–water partition coefficient (Wildman–Crippen LogP) is 3.28. The number of esters is 1. The lowest BCUT2D eigenvalue weighted by Crippen LogP contribution is -2.46. The Morgan fingerprint density at radius 2 is 1.68 bits per heavy atom. The summed E-state index contributed by atoms with van der Waals surface area (Å²) in [5, 5.41) is 0. The number of aliphatic imine (C=N–C) groups is 2. The zero-order chi connectivity index (χ0) is 29.2. The number of carbonyl (C=O) groups excluding carboxylic acids is 1. The van der Waals surface area contributed by atoms with E-state index in [9.17, 15) is 13.2 Å². The largest absolute Gasteiger partial charge is 0.497 e. The van der Waals surface area contributed by atoms with Gasteiger partial charge in [0.2, 0.25) is 5.94 Å². The number of nitrogens with zero attached hydrogens (tertiary/aromatic N) is 3. The molecule has 0 aromatic heterocycles. The Labute approximate surface area is 238 Å². The van der Waals surface area contributed by atoms with Crippen molar-refractivity contribution in [2.45, 2.75) is 18.9 Å². The van der Waals surface area contributed by atoms with Crippen LogP contribution in [0.3, 0.4) is 0 Å². The molecule has 0 saturated heterocycles. The van der Waals surface area contributed by atoms with Crippen molar-refractivity contribution < 1.29 is 31.6 Å². The molecule has 41 heavy (non-hydrogen) atoms. The van der Waals surface area contributed by atoms with E-state index in [1.165, 1.54) is 13.2 Å². The molecule has 1 unspecified atom stereocenters. The first-order chi connectivity index (χ1) is 19.6. The van der Waals surface area contributed by atoms with Crippen molar-refractivity contribution in [1.82, 2.24) is 4.90 Å². The van der Waals surface area contributed by atoms with Gasteiger partial charge in [-0.15, -0.1) is 0 Å². The number of fused-ring (bicyclic) bond motifs is 1. The zero-order valence-corrected chi connectivity index (χ0v) is 23.7. The van der Waals surface area contributed by atoms with Crippen LogP contribution in [-0.2, 0) is 25.2 Å². The number of hydrogen-bond acceptors (Lipinski definition) is 11. The molecule has 2 N–H and O–H groups in total. The lowest BCUT2D eigenvalue weighted by atomic mass is 9.81. The summed E-state index contributed by atoms with van der Waals surface area (Å²) in [6.07, 6.45) is 0.866. The fraction of sp³-hybridized carbons (Fsp3) is 0.276. The normalized spacial score (nSPS) is 18.2. The van der Waals surface area contributed by atoms with Gasteiger partial charge in [0.1, 0.15) is 23.1 Å². The molecule has 1 atom stereocenters. The van der Waals surface area contributed by atoms with E-state index in [4.69, 9.17) is 29.4 Å². The van der Waals surface area contributed by atoms with E-state index in [0.29, 0.717) is 36.1 Å². The first kappa shape index (κ1) is 28.0. The lowest BCUT2D eigenvalue weighted by Gasteiger charge is -2.33. The molecule has 11 nitrogen and oxygen atoms in total. The van der Waals surface area contributed by atoms with Gasteiger partial charge in [0.05, 0.1) is 14.2 Å². The van der Waals surface area contributed by atoms with Crippen molar-refractivity contribution in [3.8, 4) is 28.4 Å². The number of rotatable bonds is 9. The minimum absolute atomic E-state index is 0.00716. The molecular weight excluding hydrogens is 548 g/mol. The maximum atomic E-state index is 12.4. The molecule has 12 heteroatoms. The molecule has 3 aromatic carbocycles. The second kappa shape index (κ2) is 11.1. The number of methoxy groups -OCH3 is 2. The molecule has 0 bridgehead atoms. The molecule has 3 aromatic rings. The molecule has 2 aliphatic heterocycles. The van der Waals surface area contributed by atoms with Crippen molar-refractivity contribution in [2.75, 3.05) is 33.2 Å². The topological polar surface area (TPSA) is 142 Å². The summed E-state index contributed by atoms with van der Waals surface area (Å²) < 4.78 is 45.4. The fourth-order valence-electron chi connectivity index (χ4n) is 4.96. The van der Waals surface area contributed by atoms with Crippen molar-refractivity contribution in [1.29, 1.82) is 0 Å². The minimum atomic E-state index is -4.21. The summed E-state index contributed by atoms with van der Waals surface area (Å²) in [6.45, 7) is 2.49. The Balaban J connectivity index is 1.61. The third-order valence-corrected chi connectivity index (χ3v) is 7.66. The van der Waals surface area contributed by atoms with Crippen molar-refractivity contribution >= 4 is 27.9 Å². The van der Waals surface area contributed by atoms with Gasteiger partial charge in [-0.05, 0) is 59.0 Å². The number of amidine groups is 1. The quantitative estimate of drug-likeness (QED) is 0.299. The number of carbonyl (C=O) groups is 1. The number of benzene rings is 3. The molecule has 0 saturated carbocycles. The Hall–Kier alpha value is -4.58. The summed E-state index contributed by atoms with van der Waals surface area (Å²) in [4.78, 5) is 22.9. The van der Waals surface area contributed by atoms with Crippen LogP contribution in [0, 0.1) is 0 Å². The van der Waals surface area contributed by atoms with Crippen LogP contribution in [0.2, 0.25) is 0 Å². The van der Waals surface area contributed by atoms with Crippen LogP contribution in [0.1, 0.15) is 24.5 Å². The monoisotopic (exact) mass is 578 g/mol. The highest BCUT2D eigenvalue weighted by Gasteiger charge is 2.49. The Morgan fingerprint density at radius 3 is 2.39 bits per heavy atom. The van der Waals surface area contributed by atoms with Crippen LogP contribution in [0.15, 0.2) is 76.7 Å². The first-order valence-corrected chi connectivity index (χ1v) is 14.4. The standard InChI is InChI=1S/C29H30N4O7S/c1-19(34)39-18-41(35,36)40-26-16-21(15-25(17-26)38-3)20-6-4-7-23(14-20)29(22-8-10-24(37-2)11-9-22)27-31-12-5-13-33(27)28(30)32-29/h4,6-11,14-17H,5,12-13,18H2,1-3H3,(H2,30,32). The first-order valence-electron chi connectivity index (χ1n) is 12.8. The van der Waals surface area contributed by atoms with Crippen LogP contribution in [0.4, 0.5) is 0 Å². The molecular formula is C29H30N4O7S. The average Bonchev–Trinajstić information content (AvgIpc) is 3.29. The summed E-state index contributed by atoms with van der Waals surface area (Å²) in [7, 11) is -1.13. The van der Waals surface area contributed by atoms with E-state index in [0.717, 1.165) is 35.9 Å². The third-order valence-electron chi connectivity index (χ3n) is 6.81. The Morgan fingerprint density at radius 1 is 0.951 bits per heavy atom. The second-order valence-electron chi connectivity index (χ2n) is 9.49. The van der Waals surface area contributed by atoms with Crippen molar-refractivity contribution in [2.24, 2.45) is 15.7 Å². The van der Waals surface area contributed by atoms with E-state index in [2.05, 4.69) is 4.74 Å². The molecule has 5 rings (SSSR count). The van der Waals surface area contributed by atoms with Gasteiger partial charge in [0.15, 0.2) is 11.5 Å². The number of nitrogens with two attached hydrogens (primary N) is 1. The second-order valence-corrected chi connectivity index (χ2v) is 11.0. The van der Waals surface area contributed by atoms with E-state index < -0.39 is 27.6 Å². The van der Waals surface area contributed by atoms with Gasteiger partial charge >= 0.3 is 16.1 Å². The van der Waals surface area contributed by atoms with Gasteiger partial charge in [-0.2, -0.15) is 8.42 Å². The number of hydrogen-bond donors (Lipinski definition) is 1. The van der Waals surface area contributed by atoms with E-state index in [-0.39, 0.29) is 5.75 Å². The molecule has 0 amide bonds. The third kappa shape index (κ3) is 5.55. The molecule has 0 spiro atoms. The highest BCUT2D eigenvalue weighted by Crippen LogP contribution is 2.43. The molecule has 2 aliphatic rings. The van der Waals surface area contributed by atoms with E-state index in [1.807, 2.05) is 53.4 Å². The maximum Gasteiger partial charge on any atom is 0.345 e. The zero-order valence-electron chi connectivity index (χ0n) is 22.9. The predicted molar refractivity (Wildman–Crippen MR) is 154 cm³/mol. The van der Waals surface area contributed by atoms with Crippen LogP contribution >= 0.6 is 0 Å². The fourth-order valence-corrected chi connectivity index (χ4v) is 5.71. The van der Waals surface area contributed by atoms with Gasteiger partial charge in [-0.3, -0.25) is 14.7 Å². The summed E-state index contributed by atoms with van der Waals surface area (Å²) in [5.74, 6) is 0.584. The van der Waals surface area contributed by atoms with E-state index in [1.54, 1.807) is 19.2 Å². The molecule has 2 heterocycles. The van der Waals surface area contributed by atoms with Crippen molar-refractivity contribution in [3.63, 3.8) is 0 Å². The van der Waals surface area contributed by atoms with Gasteiger partial charge in [-0.1, -0.05) is 30.3 Å². The number of guanidine groups is 1. The smallest absolute Gasteiger partial charge is 0.345 e. The summed E-state index contributed by atoms with van der Waals surface area (Å²) in [5.41, 5.74) is 8.52. The Kier molecular flexibility index (Phi) is 7.59. The number of ether oxygens (including phenoxy) is 3. The van der Waals surface area contributed by atoms with Gasteiger partial charge in [0, 0.05) is 26.1 Å². The van der Waals surface area contributed by atoms with Crippen molar-refractivity contribution in [3.05, 3.63) is 77.9 Å². The molecule has 0 fully saturated rings. The van der Waals surface area contributed by atoms with Gasteiger partial charge in [0.25, 0.3) is 0 Å². The summed E-state index contributed by atoms with van der Waals surface area (Å²) in [6, 6.07) is 20.1. The van der Waals surface area contributed by atoms with Crippen LogP contribution in [0.25, 0.3) is 11.1 Å². The van der Waals surface area contributed by atoms with Gasteiger partial charge in [-0.25, -0.2) is 4.99 Å². The summed E-state index contributed by atoms with van der Waals surface area (Å²) >= 11 is 0. The van der Waals surface area contributed by atoms with Crippen LogP contribution in [0.5, 0.6) is 17.2 Å². The highest BCUT2D eigenvalue weighted by molar-refractivity contribution is 7.86. The molecule has 0 radical (unpaired) electrons. The minimum Gasteiger partial charge on any atom is -0.497 e. The average molecular weight is 579 g/mol. The lowest BCUT2D eigenvalue weighted by molar-refractivity contribution is -0.139. The highest BCUT2D eigenvalue weighted by atomic mass is 32.2. The van der Waals surface area contributed by atoms with Crippen LogP contribution in [-0.4, -0.2) is 64.3 Å². The van der Waals surface area contributed by atoms with Gasteiger partial charge < -0.3 is 24.1 Å². The maximum absolute atomic E-state index is 12.4. The Bertz CT molecular complexity index is 1640. The van der Waals surface area contributed by atoms with E-state index >= 15 is 0 Å². The van der Waals surface area contributed by atoms with Crippen LogP contribution < -0.4 is 19.4 Å². The SMILES string of the molecule is COc1ccc(C2(c3cccc(-c4cc(OC)cc(OS(=O)(=O)COC(C)=O)c4)c3)N=C(N)N3CCCN=C32)cc1.